The van der Waals surface area contributed by atoms with E-state index in [0.29, 0.717) is 15.8 Å². The number of hydrogen-bond donors (Lipinski definition) is 1. The van der Waals surface area contributed by atoms with Crippen LogP contribution in [0.2, 0.25) is 0 Å². The lowest BCUT2D eigenvalue weighted by molar-refractivity contribution is -0.384. The molecule has 0 unspecified atom stereocenters. The molecule has 1 amide bonds. The molecule has 9 heteroatoms. The Morgan fingerprint density at radius 3 is 2.73 bits per heavy atom. The second-order valence-corrected chi connectivity index (χ2v) is 5.85. The molecule has 0 aromatic heterocycles. The first-order valence-electron chi connectivity index (χ1n) is 7.06. The Kier molecular flexibility index (Phi) is 6.03. The fourth-order valence-electron chi connectivity index (χ4n) is 2.03. The van der Waals surface area contributed by atoms with E-state index < -0.39 is 28.0 Å². The molecule has 0 radical (unpaired) electrons. The molecule has 0 aliphatic carbocycles. The van der Waals surface area contributed by atoms with Gasteiger partial charge in [-0.2, -0.15) is 5.26 Å². The van der Waals surface area contributed by atoms with Crippen LogP contribution in [0.25, 0.3) is 6.08 Å². The van der Waals surface area contributed by atoms with E-state index >= 15 is 0 Å². The maximum Gasteiger partial charge on any atom is 0.271 e. The molecule has 132 valence electrons. The summed E-state index contributed by atoms with van der Waals surface area (Å²) in [5.41, 5.74) is -0.662. The number of nitro benzene ring substituents is 1. The van der Waals surface area contributed by atoms with Gasteiger partial charge in [-0.05, 0) is 30.3 Å². The second-order valence-electron chi connectivity index (χ2n) is 4.93. The predicted molar refractivity (Wildman–Crippen MR) is 96.0 cm³/mol. The number of carbonyl (C=O) groups is 1. The minimum Gasteiger partial charge on any atom is -0.496 e. The molecule has 0 saturated carbocycles. The number of rotatable bonds is 5. The smallest absolute Gasteiger partial charge is 0.271 e. The summed E-state index contributed by atoms with van der Waals surface area (Å²) in [6, 6.07) is 9.43. The van der Waals surface area contributed by atoms with Gasteiger partial charge in [-0.1, -0.05) is 15.9 Å². The quantitative estimate of drug-likeness (QED) is 0.340. The first kappa shape index (κ1) is 19.1. The van der Waals surface area contributed by atoms with E-state index in [9.17, 15) is 24.6 Å². The number of halogens is 2. The van der Waals surface area contributed by atoms with Crippen molar-refractivity contribution in [1.82, 2.24) is 0 Å². The summed E-state index contributed by atoms with van der Waals surface area (Å²) in [4.78, 5) is 22.3. The molecule has 0 heterocycles. The Balaban J connectivity index is 2.36. The standard InChI is InChI=1S/C17H11BrFN3O4/c1-26-16-5-2-12(18)7-10(16)6-11(9-20)17(23)21-15-8-13(22(24)25)3-4-14(15)19/h2-8H,1H3,(H,21,23). The molecule has 0 bridgehead atoms. The van der Waals surface area contributed by atoms with Gasteiger partial charge in [-0.15, -0.1) is 0 Å². The number of amides is 1. The molecule has 0 spiro atoms. The van der Waals surface area contributed by atoms with Crippen LogP contribution < -0.4 is 10.1 Å². The predicted octanol–water partition coefficient (Wildman–Crippen LogP) is 4.05. The highest BCUT2D eigenvalue weighted by Gasteiger charge is 2.16. The molecule has 0 atom stereocenters. The highest BCUT2D eigenvalue weighted by atomic mass is 79.9. The summed E-state index contributed by atoms with van der Waals surface area (Å²) < 4.78 is 19.7. The van der Waals surface area contributed by atoms with E-state index in [1.807, 2.05) is 0 Å². The number of methoxy groups -OCH3 is 1. The third-order valence-electron chi connectivity index (χ3n) is 3.27. The van der Waals surface area contributed by atoms with Crippen molar-refractivity contribution in [1.29, 1.82) is 5.26 Å². The Labute approximate surface area is 156 Å². The van der Waals surface area contributed by atoms with Crippen LogP contribution in [-0.4, -0.2) is 17.9 Å². The number of carbonyl (C=O) groups excluding carboxylic acids is 1. The zero-order valence-corrected chi connectivity index (χ0v) is 14.9. The van der Waals surface area contributed by atoms with Gasteiger partial charge in [-0.3, -0.25) is 14.9 Å². The maximum absolute atomic E-state index is 13.8. The fourth-order valence-corrected chi connectivity index (χ4v) is 2.41. The SMILES string of the molecule is COc1ccc(Br)cc1C=C(C#N)C(=O)Nc1cc([N+](=O)[O-])ccc1F. The van der Waals surface area contributed by atoms with Crippen LogP contribution in [0.1, 0.15) is 5.56 Å². The van der Waals surface area contributed by atoms with E-state index in [2.05, 4.69) is 21.2 Å². The van der Waals surface area contributed by atoms with Gasteiger partial charge in [0.25, 0.3) is 11.6 Å². The molecule has 0 aliphatic heterocycles. The van der Waals surface area contributed by atoms with Crippen LogP contribution in [0.15, 0.2) is 46.4 Å². The monoisotopic (exact) mass is 419 g/mol. The van der Waals surface area contributed by atoms with Gasteiger partial charge >= 0.3 is 0 Å². The van der Waals surface area contributed by atoms with E-state index in [1.165, 1.54) is 13.2 Å². The summed E-state index contributed by atoms with van der Waals surface area (Å²) in [5, 5.41) is 22.2. The summed E-state index contributed by atoms with van der Waals surface area (Å²) in [7, 11) is 1.44. The summed E-state index contributed by atoms with van der Waals surface area (Å²) in [6.07, 6.45) is 1.27. The molecule has 2 aromatic rings. The Morgan fingerprint density at radius 2 is 2.12 bits per heavy atom. The molecule has 7 nitrogen and oxygen atoms in total. The lowest BCUT2D eigenvalue weighted by atomic mass is 10.1. The summed E-state index contributed by atoms with van der Waals surface area (Å²) in [6.45, 7) is 0. The number of nitrogens with one attached hydrogen (secondary N) is 1. The highest BCUT2D eigenvalue weighted by molar-refractivity contribution is 9.10. The number of nitriles is 1. The van der Waals surface area contributed by atoms with Crippen LogP contribution in [0.3, 0.4) is 0 Å². The van der Waals surface area contributed by atoms with E-state index in [1.54, 1.807) is 24.3 Å². The van der Waals surface area contributed by atoms with Crippen molar-refractivity contribution in [3.8, 4) is 11.8 Å². The highest BCUT2D eigenvalue weighted by Crippen LogP contribution is 2.26. The van der Waals surface area contributed by atoms with Crippen LogP contribution in [0.5, 0.6) is 5.75 Å². The fraction of sp³-hybridized carbons (Fsp3) is 0.0588. The summed E-state index contributed by atoms with van der Waals surface area (Å²) in [5.74, 6) is -1.34. The Hall–Kier alpha value is -3.25. The van der Waals surface area contributed by atoms with Crippen LogP contribution >= 0.6 is 15.9 Å². The average Bonchev–Trinajstić information content (AvgIpc) is 2.61. The van der Waals surface area contributed by atoms with Crippen molar-refractivity contribution >= 4 is 39.3 Å². The van der Waals surface area contributed by atoms with Crippen molar-refractivity contribution in [2.45, 2.75) is 0 Å². The number of nitro groups is 1. The number of anilines is 1. The van der Waals surface area contributed by atoms with Crippen LogP contribution in [-0.2, 0) is 4.79 Å². The van der Waals surface area contributed by atoms with Crippen molar-refractivity contribution in [2.75, 3.05) is 12.4 Å². The van der Waals surface area contributed by atoms with Crippen LogP contribution in [0, 0.1) is 27.3 Å². The minimum atomic E-state index is -0.908. The number of ether oxygens (including phenoxy) is 1. The average molecular weight is 420 g/mol. The molecule has 26 heavy (non-hydrogen) atoms. The zero-order valence-electron chi connectivity index (χ0n) is 13.3. The van der Waals surface area contributed by atoms with Crippen molar-refractivity contribution < 1.29 is 18.8 Å². The molecule has 0 fully saturated rings. The number of hydrogen-bond acceptors (Lipinski definition) is 5. The van der Waals surface area contributed by atoms with Gasteiger partial charge in [0.15, 0.2) is 0 Å². The molecule has 1 N–H and O–H groups in total. The largest absolute Gasteiger partial charge is 0.496 e. The lowest BCUT2D eigenvalue weighted by Crippen LogP contribution is -2.14. The van der Waals surface area contributed by atoms with E-state index in [4.69, 9.17) is 4.74 Å². The third-order valence-corrected chi connectivity index (χ3v) is 3.76. The summed E-state index contributed by atoms with van der Waals surface area (Å²) >= 11 is 3.28. The zero-order chi connectivity index (χ0) is 19.3. The molecule has 0 aliphatic rings. The van der Waals surface area contributed by atoms with Gasteiger partial charge in [0.05, 0.1) is 17.7 Å². The maximum atomic E-state index is 13.8. The second kappa shape index (κ2) is 8.22. The first-order chi connectivity index (χ1) is 12.3. The molecular weight excluding hydrogens is 409 g/mol. The molecule has 0 saturated heterocycles. The van der Waals surface area contributed by atoms with Gasteiger partial charge in [-0.25, -0.2) is 4.39 Å². The van der Waals surface area contributed by atoms with Gasteiger partial charge < -0.3 is 10.1 Å². The van der Waals surface area contributed by atoms with Gasteiger partial charge in [0.2, 0.25) is 0 Å². The topological polar surface area (TPSA) is 105 Å². The van der Waals surface area contributed by atoms with Crippen molar-refractivity contribution in [3.05, 3.63) is 67.9 Å². The number of non-ortho nitro benzene ring substituents is 1. The first-order valence-corrected chi connectivity index (χ1v) is 7.85. The van der Waals surface area contributed by atoms with Gasteiger partial charge in [0.1, 0.15) is 23.2 Å². The van der Waals surface area contributed by atoms with Crippen molar-refractivity contribution in [2.24, 2.45) is 0 Å². The van der Waals surface area contributed by atoms with E-state index in [-0.39, 0.29) is 5.57 Å². The van der Waals surface area contributed by atoms with Crippen LogP contribution in [0.4, 0.5) is 15.8 Å². The van der Waals surface area contributed by atoms with Gasteiger partial charge in [0, 0.05) is 22.2 Å². The van der Waals surface area contributed by atoms with E-state index in [0.717, 1.165) is 18.2 Å². The Bertz CT molecular complexity index is 954. The Morgan fingerprint density at radius 1 is 1.38 bits per heavy atom. The normalized spacial score (nSPS) is 10.8. The lowest BCUT2D eigenvalue weighted by Gasteiger charge is -2.08. The molecule has 2 rings (SSSR count). The number of nitrogens with zero attached hydrogens (tertiary/aromatic N) is 2. The molecular formula is C17H11BrFN3O4. The number of benzene rings is 2. The third kappa shape index (κ3) is 4.43. The minimum absolute atomic E-state index is 0.327. The van der Waals surface area contributed by atoms with Crippen molar-refractivity contribution in [3.63, 3.8) is 0 Å². The molecule has 2 aromatic carbocycles.